The van der Waals surface area contributed by atoms with Crippen molar-refractivity contribution in [3.8, 4) is 11.3 Å². The first-order chi connectivity index (χ1) is 11.4. The van der Waals surface area contributed by atoms with Crippen LogP contribution in [0.2, 0.25) is 0 Å². The van der Waals surface area contributed by atoms with E-state index in [0.29, 0.717) is 0 Å². The standard InChI is InChI=1S/C23H24N.Ir/c1-22(2)12-13-23(3,4)20-15-17(9-10-19(20)22)21-18-8-6-5-7-16(18)11-14-24-21;/h5-8,10-11,14-15H,12-13H2,1-4H3;/q-1;. The van der Waals surface area contributed by atoms with Crippen molar-refractivity contribution >= 4 is 10.8 Å². The van der Waals surface area contributed by atoms with Crippen LogP contribution in [-0.2, 0) is 30.9 Å². The van der Waals surface area contributed by atoms with Gasteiger partial charge in [0.05, 0.1) is 0 Å². The Morgan fingerprint density at radius 1 is 0.920 bits per heavy atom. The van der Waals surface area contributed by atoms with Crippen molar-refractivity contribution < 1.29 is 20.1 Å². The number of aromatic nitrogens is 1. The molecule has 1 heterocycles. The van der Waals surface area contributed by atoms with Crippen molar-refractivity contribution in [1.82, 2.24) is 4.98 Å². The molecule has 4 rings (SSSR count). The summed E-state index contributed by atoms with van der Waals surface area (Å²) in [5.74, 6) is 0. The number of fused-ring (bicyclic) bond motifs is 2. The van der Waals surface area contributed by atoms with Crippen LogP contribution >= 0.6 is 0 Å². The van der Waals surface area contributed by atoms with E-state index < -0.39 is 0 Å². The third-order valence-electron chi connectivity index (χ3n) is 5.71. The van der Waals surface area contributed by atoms with Gasteiger partial charge in [-0.25, -0.2) is 0 Å². The molecule has 25 heavy (non-hydrogen) atoms. The van der Waals surface area contributed by atoms with Gasteiger partial charge < -0.3 is 4.98 Å². The van der Waals surface area contributed by atoms with Crippen molar-refractivity contribution in [3.63, 3.8) is 0 Å². The van der Waals surface area contributed by atoms with E-state index in [0.717, 1.165) is 11.3 Å². The summed E-state index contributed by atoms with van der Waals surface area (Å²) in [6.07, 6.45) is 4.35. The molecule has 1 radical (unpaired) electrons. The fourth-order valence-electron chi connectivity index (χ4n) is 3.98. The van der Waals surface area contributed by atoms with Gasteiger partial charge in [0.15, 0.2) is 0 Å². The van der Waals surface area contributed by atoms with E-state index >= 15 is 0 Å². The van der Waals surface area contributed by atoms with Crippen molar-refractivity contribution in [2.75, 3.05) is 0 Å². The van der Waals surface area contributed by atoms with E-state index in [1.54, 1.807) is 0 Å². The first-order valence-electron chi connectivity index (χ1n) is 8.79. The molecule has 0 amide bonds. The van der Waals surface area contributed by atoms with Crippen LogP contribution < -0.4 is 0 Å². The molecule has 0 saturated carbocycles. The maximum absolute atomic E-state index is 4.68. The van der Waals surface area contributed by atoms with Crippen LogP contribution in [0, 0.1) is 6.07 Å². The Kier molecular flexibility index (Phi) is 4.64. The van der Waals surface area contributed by atoms with Gasteiger partial charge in [0.25, 0.3) is 0 Å². The molecule has 131 valence electrons. The molecule has 1 aromatic heterocycles. The first kappa shape index (κ1) is 18.3. The third kappa shape index (κ3) is 3.07. The van der Waals surface area contributed by atoms with Gasteiger partial charge in [-0.05, 0) is 39.8 Å². The van der Waals surface area contributed by atoms with Gasteiger partial charge in [-0.3, -0.25) is 0 Å². The van der Waals surface area contributed by atoms with Crippen LogP contribution in [0.15, 0.2) is 48.7 Å². The number of hydrogen-bond donors (Lipinski definition) is 0. The largest absolute Gasteiger partial charge is 0.304 e. The molecule has 0 saturated heterocycles. The van der Waals surface area contributed by atoms with E-state index in [1.807, 2.05) is 6.20 Å². The average Bonchev–Trinajstić information content (AvgIpc) is 2.58. The minimum atomic E-state index is 0. The molecule has 0 bridgehead atoms. The van der Waals surface area contributed by atoms with Crippen LogP contribution in [0.5, 0.6) is 0 Å². The van der Waals surface area contributed by atoms with Crippen LogP contribution in [0.25, 0.3) is 22.0 Å². The summed E-state index contributed by atoms with van der Waals surface area (Å²) >= 11 is 0. The van der Waals surface area contributed by atoms with Gasteiger partial charge in [0, 0.05) is 26.3 Å². The zero-order valence-corrected chi connectivity index (χ0v) is 17.7. The molecule has 1 nitrogen and oxygen atoms in total. The average molecular weight is 507 g/mol. The van der Waals surface area contributed by atoms with Gasteiger partial charge in [-0.15, -0.1) is 34.9 Å². The SMILES string of the molecule is CC1(C)CCC(C)(C)c2cc(-c3nccc4ccccc34)[c-]cc21.[Ir]. The normalized spacial score (nSPS) is 17.6. The molecule has 1 aliphatic carbocycles. The van der Waals surface area contributed by atoms with E-state index in [-0.39, 0.29) is 30.9 Å². The van der Waals surface area contributed by atoms with E-state index in [9.17, 15) is 0 Å². The molecular weight excluding hydrogens is 482 g/mol. The molecular formula is C23H24IrN-. The molecule has 2 heteroatoms. The smallest absolute Gasteiger partial charge is 0.0167 e. The van der Waals surface area contributed by atoms with Crippen LogP contribution in [0.3, 0.4) is 0 Å². The summed E-state index contributed by atoms with van der Waals surface area (Å²) in [5.41, 5.74) is 5.49. The zero-order valence-electron chi connectivity index (χ0n) is 15.3. The molecule has 2 aromatic carbocycles. The second kappa shape index (κ2) is 6.34. The van der Waals surface area contributed by atoms with Crippen molar-refractivity contribution in [2.24, 2.45) is 0 Å². The minimum absolute atomic E-state index is 0. The number of benzene rings is 2. The second-order valence-corrected chi connectivity index (χ2v) is 8.32. The summed E-state index contributed by atoms with van der Waals surface area (Å²) < 4.78 is 0. The second-order valence-electron chi connectivity index (χ2n) is 8.32. The first-order valence-corrected chi connectivity index (χ1v) is 8.79. The fourth-order valence-corrected chi connectivity index (χ4v) is 3.98. The molecule has 3 aromatic rings. The summed E-state index contributed by atoms with van der Waals surface area (Å²) in [5, 5.41) is 2.43. The Bertz CT molecular complexity index is 919. The fraction of sp³-hybridized carbons (Fsp3) is 0.348. The van der Waals surface area contributed by atoms with Gasteiger partial charge >= 0.3 is 0 Å². The van der Waals surface area contributed by atoms with E-state index in [1.165, 1.54) is 34.7 Å². The number of pyridine rings is 1. The Morgan fingerprint density at radius 2 is 1.60 bits per heavy atom. The van der Waals surface area contributed by atoms with Crippen LogP contribution in [0.1, 0.15) is 51.7 Å². The topological polar surface area (TPSA) is 12.9 Å². The minimum Gasteiger partial charge on any atom is -0.304 e. The van der Waals surface area contributed by atoms with Gasteiger partial charge in [0.1, 0.15) is 0 Å². The number of hydrogen-bond acceptors (Lipinski definition) is 1. The zero-order chi connectivity index (χ0) is 16.9. The molecule has 0 N–H and O–H groups in total. The molecule has 0 spiro atoms. The van der Waals surface area contributed by atoms with E-state index in [2.05, 4.69) is 81.2 Å². The number of nitrogens with zero attached hydrogens (tertiary/aromatic N) is 1. The maximum atomic E-state index is 4.68. The predicted molar refractivity (Wildman–Crippen MR) is 101 cm³/mol. The molecule has 0 aliphatic heterocycles. The van der Waals surface area contributed by atoms with Gasteiger partial charge in [-0.2, -0.15) is 0 Å². The summed E-state index contributed by atoms with van der Waals surface area (Å²) in [6.45, 7) is 9.43. The third-order valence-corrected chi connectivity index (χ3v) is 5.71. The van der Waals surface area contributed by atoms with Crippen LogP contribution in [0.4, 0.5) is 0 Å². The molecule has 0 atom stereocenters. The van der Waals surface area contributed by atoms with E-state index in [4.69, 9.17) is 0 Å². The summed E-state index contributed by atoms with van der Waals surface area (Å²) in [7, 11) is 0. The molecule has 1 aliphatic rings. The monoisotopic (exact) mass is 507 g/mol. The summed E-state index contributed by atoms with van der Waals surface area (Å²) in [4.78, 5) is 4.68. The quantitative estimate of drug-likeness (QED) is 0.366. The van der Waals surface area contributed by atoms with Gasteiger partial charge in [0.2, 0.25) is 0 Å². The van der Waals surface area contributed by atoms with Crippen molar-refractivity contribution in [1.29, 1.82) is 0 Å². The summed E-state index contributed by atoms with van der Waals surface area (Å²) in [6, 6.07) is 18.6. The Labute approximate surface area is 164 Å². The molecule has 0 fully saturated rings. The van der Waals surface area contributed by atoms with Gasteiger partial charge in [-0.1, -0.05) is 58.4 Å². The molecule has 0 unspecified atom stereocenters. The Balaban J connectivity index is 0.00000182. The maximum Gasteiger partial charge on any atom is 0.0167 e. The Morgan fingerprint density at radius 3 is 2.36 bits per heavy atom. The van der Waals surface area contributed by atoms with Crippen LogP contribution in [-0.4, -0.2) is 4.98 Å². The Hall–Kier alpha value is -1.50. The van der Waals surface area contributed by atoms with Crippen molar-refractivity contribution in [3.05, 3.63) is 65.9 Å². The predicted octanol–water partition coefficient (Wildman–Crippen LogP) is 6.05. The number of rotatable bonds is 1. The van der Waals surface area contributed by atoms with Crippen molar-refractivity contribution in [2.45, 2.75) is 51.4 Å².